The Kier molecular flexibility index (Phi) is 3.86. The lowest BCUT2D eigenvalue weighted by atomic mass is 9.97. The zero-order chi connectivity index (χ0) is 16.5. The SMILES string of the molecule is O=[N+]([O-])c1cccc(COc2ncnc3sc4c(c23)CCCC4)c1. The number of ether oxygens (including phenoxy) is 1. The first-order valence-corrected chi connectivity index (χ1v) is 8.65. The quantitative estimate of drug-likeness (QED) is 0.528. The molecule has 0 N–H and O–H groups in total. The predicted octanol–water partition coefficient (Wildman–Crippen LogP) is 4.06. The third-order valence-corrected chi connectivity index (χ3v) is 5.41. The van der Waals surface area contributed by atoms with E-state index in [1.807, 2.05) is 6.07 Å². The van der Waals surface area contributed by atoms with Crippen molar-refractivity contribution in [1.82, 2.24) is 9.97 Å². The van der Waals surface area contributed by atoms with E-state index in [0.717, 1.165) is 28.6 Å². The molecule has 0 atom stereocenters. The Morgan fingerprint density at radius 3 is 3.00 bits per heavy atom. The maximum atomic E-state index is 10.9. The van der Waals surface area contributed by atoms with Crippen LogP contribution in [0.3, 0.4) is 0 Å². The fraction of sp³-hybridized carbons (Fsp3) is 0.294. The van der Waals surface area contributed by atoms with Crippen molar-refractivity contribution >= 4 is 27.2 Å². The summed E-state index contributed by atoms with van der Waals surface area (Å²) < 4.78 is 5.90. The summed E-state index contributed by atoms with van der Waals surface area (Å²) in [6.45, 7) is 0.248. The van der Waals surface area contributed by atoms with Gasteiger partial charge in [0.2, 0.25) is 5.88 Å². The highest BCUT2D eigenvalue weighted by Crippen LogP contribution is 2.39. The van der Waals surface area contributed by atoms with Gasteiger partial charge in [-0.1, -0.05) is 12.1 Å². The molecule has 3 aromatic rings. The van der Waals surface area contributed by atoms with Crippen molar-refractivity contribution in [3.63, 3.8) is 0 Å². The third kappa shape index (κ3) is 2.71. The fourth-order valence-electron chi connectivity index (χ4n) is 3.08. The number of aromatic nitrogens is 2. The molecule has 24 heavy (non-hydrogen) atoms. The van der Waals surface area contributed by atoms with Gasteiger partial charge in [-0.25, -0.2) is 9.97 Å². The van der Waals surface area contributed by atoms with E-state index in [2.05, 4.69) is 9.97 Å². The van der Waals surface area contributed by atoms with Crippen LogP contribution in [0.5, 0.6) is 5.88 Å². The van der Waals surface area contributed by atoms with Crippen LogP contribution in [0.2, 0.25) is 0 Å². The molecule has 0 unspecified atom stereocenters. The summed E-state index contributed by atoms with van der Waals surface area (Å²) in [5.41, 5.74) is 2.13. The lowest BCUT2D eigenvalue weighted by molar-refractivity contribution is -0.384. The summed E-state index contributed by atoms with van der Waals surface area (Å²) in [7, 11) is 0. The van der Waals surface area contributed by atoms with Gasteiger partial charge in [0.25, 0.3) is 5.69 Å². The van der Waals surface area contributed by atoms with E-state index in [9.17, 15) is 10.1 Å². The highest BCUT2D eigenvalue weighted by molar-refractivity contribution is 7.18. The van der Waals surface area contributed by atoms with Gasteiger partial charge in [-0.3, -0.25) is 10.1 Å². The number of rotatable bonds is 4. The summed E-state index contributed by atoms with van der Waals surface area (Å²) in [5.74, 6) is 0.575. The number of aryl methyl sites for hydroxylation is 2. The first-order valence-electron chi connectivity index (χ1n) is 7.84. The van der Waals surface area contributed by atoms with Crippen molar-refractivity contribution in [2.24, 2.45) is 0 Å². The number of thiophene rings is 1. The van der Waals surface area contributed by atoms with Gasteiger partial charge < -0.3 is 4.74 Å². The van der Waals surface area contributed by atoms with Crippen molar-refractivity contribution in [1.29, 1.82) is 0 Å². The number of nitro benzene ring substituents is 1. The molecule has 0 bridgehead atoms. The molecular weight excluding hydrogens is 326 g/mol. The van der Waals surface area contributed by atoms with Gasteiger partial charge in [0.1, 0.15) is 17.8 Å². The van der Waals surface area contributed by atoms with E-state index in [1.54, 1.807) is 17.4 Å². The van der Waals surface area contributed by atoms with E-state index in [-0.39, 0.29) is 12.3 Å². The van der Waals surface area contributed by atoms with Crippen molar-refractivity contribution in [2.45, 2.75) is 32.3 Å². The Morgan fingerprint density at radius 2 is 2.12 bits per heavy atom. The number of non-ortho nitro benzene ring substituents is 1. The van der Waals surface area contributed by atoms with E-state index >= 15 is 0 Å². The molecule has 122 valence electrons. The molecule has 4 rings (SSSR count). The van der Waals surface area contributed by atoms with Crippen molar-refractivity contribution in [3.8, 4) is 5.88 Å². The van der Waals surface area contributed by atoms with E-state index in [1.165, 1.54) is 41.7 Å². The second-order valence-corrected chi connectivity index (χ2v) is 6.87. The minimum atomic E-state index is -0.401. The first kappa shape index (κ1) is 15.0. The number of hydrogen-bond donors (Lipinski definition) is 0. The molecule has 0 radical (unpaired) electrons. The number of nitrogens with zero attached hydrogens (tertiary/aromatic N) is 3. The van der Waals surface area contributed by atoms with Crippen LogP contribution in [-0.2, 0) is 19.4 Å². The maximum absolute atomic E-state index is 10.9. The molecule has 0 spiro atoms. The van der Waals surface area contributed by atoms with Crippen LogP contribution in [0.4, 0.5) is 5.69 Å². The van der Waals surface area contributed by atoms with Gasteiger partial charge in [0, 0.05) is 17.0 Å². The fourth-order valence-corrected chi connectivity index (χ4v) is 4.30. The van der Waals surface area contributed by atoms with Crippen molar-refractivity contribution < 1.29 is 9.66 Å². The average molecular weight is 341 g/mol. The summed E-state index contributed by atoms with van der Waals surface area (Å²) in [4.78, 5) is 21.5. The topological polar surface area (TPSA) is 78.2 Å². The molecule has 1 aliphatic carbocycles. The Hall–Kier alpha value is -2.54. The molecule has 1 aliphatic rings. The van der Waals surface area contributed by atoms with Gasteiger partial charge in [-0.05, 0) is 36.8 Å². The van der Waals surface area contributed by atoms with Crippen LogP contribution in [0.1, 0.15) is 28.8 Å². The summed E-state index contributed by atoms with van der Waals surface area (Å²) in [6.07, 6.45) is 6.05. The minimum Gasteiger partial charge on any atom is -0.472 e. The molecule has 0 saturated heterocycles. The van der Waals surface area contributed by atoms with Crippen LogP contribution in [-0.4, -0.2) is 14.9 Å². The molecule has 2 heterocycles. The minimum absolute atomic E-state index is 0.0665. The summed E-state index contributed by atoms with van der Waals surface area (Å²) >= 11 is 1.72. The Morgan fingerprint density at radius 1 is 1.25 bits per heavy atom. The number of fused-ring (bicyclic) bond motifs is 3. The van der Waals surface area contributed by atoms with Gasteiger partial charge in [0.15, 0.2) is 0 Å². The van der Waals surface area contributed by atoms with Gasteiger partial charge >= 0.3 is 0 Å². The van der Waals surface area contributed by atoms with Crippen molar-refractivity contribution in [3.05, 3.63) is 56.7 Å². The van der Waals surface area contributed by atoms with Crippen LogP contribution in [0.15, 0.2) is 30.6 Å². The number of nitro groups is 1. The van der Waals surface area contributed by atoms with Gasteiger partial charge in [-0.2, -0.15) is 0 Å². The Balaban J connectivity index is 1.64. The van der Waals surface area contributed by atoms with Gasteiger partial charge in [-0.15, -0.1) is 11.3 Å². The summed E-state index contributed by atoms with van der Waals surface area (Å²) in [6, 6.07) is 6.48. The van der Waals surface area contributed by atoms with E-state index in [0.29, 0.717) is 5.88 Å². The molecule has 0 saturated carbocycles. The second-order valence-electron chi connectivity index (χ2n) is 5.79. The molecule has 1 aromatic carbocycles. The third-order valence-electron chi connectivity index (χ3n) is 4.21. The number of benzene rings is 1. The molecular formula is C17H15N3O3S. The van der Waals surface area contributed by atoms with E-state index < -0.39 is 4.92 Å². The maximum Gasteiger partial charge on any atom is 0.269 e. The normalized spacial score (nSPS) is 13.7. The Labute approximate surface area is 142 Å². The lowest BCUT2D eigenvalue weighted by Crippen LogP contribution is -2.02. The average Bonchev–Trinajstić information content (AvgIpc) is 2.99. The monoisotopic (exact) mass is 341 g/mol. The predicted molar refractivity (Wildman–Crippen MR) is 91.5 cm³/mol. The molecule has 0 fully saturated rings. The van der Waals surface area contributed by atoms with E-state index in [4.69, 9.17) is 4.74 Å². The first-order chi connectivity index (χ1) is 11.7. The van der Waals surface area contributed by atoms with Crippen LogP contribution >= 0.6 is 11.3 Å². The number of hydrogen-bond acceptors (Lipinski definition) is 6. The Bertz CT molecular complexity index is 923. The van der Waals surface area contributed by atoms with Crippen LogP contribution in [0.25, 0.3) is 10.2 Å². The molecule has 0 amide bonds. The van der Waals surface area contributed by atoms with Crippen molar-refractivity contribution in [2.75, 3.05) is 0 Å². The summed E-state index contributed by atoms with van der Waals surface area (Å²) in [5, 5.41) is 11.9. The van der Waals surface area contributed by atoms with Crippen LogP contribution in [0, 0.1) is 10.1 Å². The standard InChI is InChI=1S/C17H15N3O3S/c21-20(22)12-5-3-4-11(8-12)9-23-16-15-13-6-1-2-7-14(13)24-17(15)19-10-18-16/h3-5,8,10H,1-2,6-7,9H2. The van der Waals surface area contributed by atoms with Crippen LogP contribution < -0.4 is 4.74 Å². The zero-order valence-corrected chi connectivity index (χ0v) is 13.7. The largest absolute Gasteiger partial charge is 0.472 e. The molecule has 0 aliphatic heterocycles. The lowest BCUT2D eigenvalue weighted by Gasteiger charge is -2.12. The molecule has 2 aromatic heterocycles. The highest BCUT2D eigenvalue weighted by atomic mass is 32.1. The second kappa shape index (κ2) is 6.16. The highest BCUT2D eigenvalue weighted by Gasteiger charge is 2.20. The molecule has 6 nitrogen and oxygen atoms in total. The molecule has 7 heteroatoms. The smallest absolute Gasteiger partial charge is 0.269 e. The zero-order valence-electron chi connectivity index (χ0n) is 12.9. The van der Waals surface area contributed by atoms with Gasteiger partial charge in [0.05, 0.1) is 10.3 Å².